The third-order valence-electron chi connectivity index (χ3n) is 4.88. The van der Waals surface area contributed by atoms with E-state index >= 15 is 0 Å². The first kappa shape index (κ1) is 27.9. The largest absolute Gasteiger partial charge is 0.460 e. The van der Waals surface area contributed by atoms with Gasteiger partial charge in [0.1, 0.15) is 9.92 Å². The van der Waals surface area contributed by atoms with Crippen molar-refractivity contribution in [3.63, 3.8) is 0 Å². The van der Waals surface area contributed by atoms with Crippen LogP contribution < -0.4 is 5.32 Å². The van der Waals surface area contributed by atoms with Gasteiger partial charge in [0.15, 0.2) is 11.6 Å². The molecule has 3 rings (SSSR count). The van der Waals surface area contributed by atoms with Crippen LogP contribution in [-0.4, -0.2) is 45.7 Å². The molecule has 0 atom stereocenters. The zero-order valence-corrected chi connectivity index (χ0v) is 22.5. The van der Waals surface area contributed by atoms with Gasteiger partial charge in [0.05, 0.1) is 4.91 Å². The van der Waals surface area contributed by atoms with Crippen molar-refractivity contribution in [2.24, 2.45) is 0 Å². The van der Waals surface area contributed by atoms with Crippen molar-refractivity contribution >= 4 is 63.5 Å². The summed E-state index contributed by atoms with van der Waals surface area (Å²) >= 11 is 7.83. The number of carbonyl (C=O) groups is 3. The monoisotopic (exact) mass is 552 g/mol. The minimum absolute atomic E-state index is 0.0748. The van der Waals surface area contributed by atoms with Crippen molar-refractivity contribution in [2.45, 2.75) is 45.6 Å². The first-order valence-corrected chi connectivity index (χ1v) is 13.3. The number of benzene rings is 1. The summed E-state index contributed by atoms with van der Waals surface area (Å²) in [7, 11) is 0. The predicted octanol–water partition coefficient (Wildman–Crippen LogP) is 5.52. The van der Waals surface area contributed by atoms with Crippen LogP contribution in [0.2, 0.25) is 0 Å². The van der Waals surface area contributed by atoms with E-state index in [1.165, 1.54) is 22.3 Å². The number of thiocarbonyl (C=S) groups is 1. The van der Waals surface area contributed by atoms with E-state index in [1.807, 2.05) is 0 Å². The van der Waals surface area contributed by atoms with Crippen LogP contribution in [0.1, 0.15) is 44.9 Å². The van der Waals surface area contributed by atoms with Gasteiger partial charge in [-0.3, -0.25) is 19.3 Å². The van der Waals surface area contributed by atoms with Crippen molar-refractivity contribution in [1.29, 1.82) is 0 Å². The van der Waals surface area contributed by atoms with Crippen LogP contribution in [-0.2, 0) is 19.1 Å². The summed E-state index contributed by atoms with van der Waals surface area (Å²) in [6.45, 7) is 5.86. The Kier molecular flexibility index (Phi) is 9.37. The number of halogens is 2. The molecule has 11 heteroatoms. The average molecular weight is 553 g/mol. The third kappa shape index (κ3) is 7.94. The first-order valence-electron chi connectivity index (χ1n) is 11.2. The maximum atomic E-state index is 13.5. The number of amides is 2. The highest BCUT2D eigenvalue weighted by atomic mass is 32.2. The molecule has 1 aromatic carbocycles. The van der Waals surface area contributed by atoms with Gasteiger partial charge in [-0.25, -0.2) is 8.78 Å². The quantitative estimate of drug-likeness (QED) is 0.191. The highest BCUT2D eigenvalue weighted by molar-refractivity contribution is 8.26. The zero-order chi connectivity index (χ0) is 26.5. The molecule has 0 aliphatic carbocycles. The molecule has 2 heterocycles. The van der Waals surface area contributed by atoms with E-state index in [2.05, 4.69) is 5.32 Å². The molecule has 0 unspecified atom stereocenters. The number of carbonyl (C=O) groups excluding carboxylic acids is 3. The number of hydrogen-bond acceptors (Lipinski definition) is 7. The molecule has 1 saturated heterocycles. The van der Waals surface area contributed by atoms with Crippen molar-refractivity contribution in [1.82, 2.24) is 10.2 Å². The number of esters is 1. The van der Waals surface area contributed by atoms with E-state index in [9.17, 15) is 23.2 Å². The van der Waals surface area contributed by atoms with Gasteiger partial charge in [-0.05, 0) is 68.0 Å². The molecule has 0 saturated carbocycles. The Morgan fingerprint density at radius 1 is 1.14 bits per heavy atom. The summed E-state index contributed by atoms with van der Waals surface area (Å²) < 4.78 is 32.3. The third-order valence-corrected chi connectivity index (χ3v) is 7.14. The van der Waals surface area contributed by atoms with Crippen molar-refractivity contribution < 1.29 is 27.9 Å². The van der Waals surface area contributed by atoms with E-state index in [-0.39, 0.29) is 37.2 Å². The van der Waals surface area contributed by atoms with Crippen LogP contribution in [0.15, 0.2) is 34.6 Å². The van der Waals surface area contributed by atoms with Gasteiger partial charge in [0.2, 0.25) is 5.91 Å². The van der Waals surface area contributed by atoms with Crippen LogP contribution in [0.4, 0.5) is 8.78 Å². The molecule has 1 aliphatic heterocycles. The maximum absolute atomic E-state index is 13.5. The minimum atomic E-state index is -0.923. The van der Waals surface area contributed by atoms with E-state index in [1.54, 1.807) is 38.3 Å². The summed E-state index contributed by atoms with van der Waals surface area (Å²) in [6.07, 6.45) is 2.44. The molecule has 1 aliphatic rings. The van der Waals surface area contributed by atoms with E-state index in [0.29, 0.717) is 33.3 Å². The van der Waals surface area contributed by atoms with Crippen LogP contribution in [0.3, 0.4) is 0 Å². The first-order chi connectivity index (χ1) is 16.9. The summed E-state index contributed by atoms with van der Waals surface area (Å²) in [5.74, 6) is -2.68. The summed E-state index contributed by atoms with van der Waals surface area (Å²) in [4.78, 5) is 39.3. The normalized spacial score (nSPS) is 15.0. The van der Waals surface area contributed by atoms with E-state index in [0.717, 1.165) is 28.8 Å². The second kappa shape index (κ2) is 12.1. The van der Waals surface area contributed by atoms with Gasteiger partial charge in [-0.1, -0.05) is 30.0 Å². The van der Waals surface area contributed by atoms with Gasteiger partial charge in [-0.2, -0.15) is 0 Å². The van der Waals surface area contributed by atoms with Crippen molar-refractivity contribution in [2.75, 3.05) is 13.1 Å². The molecule has 1 N–H and O–H groups in total. The fourth-order valence-corrected chi connectivity index (χ4v) is 5.45. The van der Waals surface area contributed by atoms with Crippen LogP contribution >= 0.6 is 35.3 Å². The lowest BCUT2D eigenvalue weighted by molar-refractivity contribution is -0.155. The lowest BCUT2D eigenvalue weighted by Gasteiger charge is -2.19. The predicted molar refractivity (Wildman–Crippen MR) is 142 cm³/mol. The molecule has 0 radical (unpaired) electrons. The molecule has 0 bridgehead atoms. The lowest BCUT2D eigenvalue weighted by atomic mass is 10.1. The van der Waals surface area contributed by atoms with Gasteiger partial charge >= 0.3 is 5.97 Å². The average Bonchev–Trinajstić information content (AvgIpc) is 3.35. The van der Waals surface area contributed by atoms with Gasteiger partial charge in [-0.15, -0.1) is 11.3 Å². The molecule has 36 heavy (non-hydrogen) atoms. The number of thiophene rings is 1. The molecule has 192 valence electrons. The van der Waals surface area contributed by atoms with Crippen LogP contribution in [0, 0.1) is 11.6 Å². The number of nitrogens with one attached hydrogen (secondary N) is 1. The van der Waals surface area contributed by atoms with E-state index in [4.69, 9.17) is 17.0 Å². The smallest absolute Gasteiger partial charge is 0.306 e. The Labute approximate surface area is 222 Å². The molecule has 1 fully saturated rings. The fraction of sp³-hybridized carbons (Fsp3) is 0.360. The number of ether oxygens (including phenoxy) is 1. The Morgan fingerprint density at radius 3 is 2.58 bits per heavy atom. The van der Waals surface area contributed by atoms with Crippen LogP contribution in [0.25, 0.3) is 17.2 Å². The van der Waals surface area contributed by atoms with Gasteiger partial charge in [0, 0.05) is 30.8 Å². The van der Waals surface area contributed by atoms with Gasteiger partial charge < -0.3 is 10.1 Å². The second-order valence-electron chi connectivity index (χ2n) is 8.99. The summed E-state index contributed by atoms with van der Waals surface area (Å²) in [5, 5.41) is 4.53. The highest BCUT2D eigenvalue weighted by Gasteiger charge is 2.32. The SMILES string of the molecule is CC(C)(C)OC(=O)CCCNC(=O)CCN1C(=O)/C(=C/c2cc(-c3ccc(F)c(F)c3)cs2)SC1=S. The van der Waals surface area contributed by atoms with Crippen LogP contribution in [0.5, 0.6) is 0 Å². The number of nitrogens with zero attached hydrogens (tertiary/aromatic N) is 1. The van der Waals surface area contributed by atoms with Crippen molar-refractivity contribution in [3.05, 3.63) is 51.1 Å². The summed E-state index contributed by atoms with van der Waals surface area (Å²) in [5.41, 5.74) is 0.707. The maximum Gasteiger partial charge on any atom is 0.306 e. The molecule has 2 amide bonds. The number of rotatable bonds is 9. The molecule has 6 nitrogen and oxygen atoms in total. The minimum Gasteiger partial charge on any atom is -0.460 e. The number of hydrogen-bond donors (Lipinski definition) is 1. The standard InChI is InChI=1S/C25H26F2N2O4S3/c1-25(2,3)33-22(31)5-4-9-28-21(30)8-10-29-23(32)20(36-24(29)34)13-17-11-16(14-35-17)15-6-7-18(26)19(27)12-15/h6-7,11-14H,4-5,8-10H2,1-3H3,(H,28,30)/b20-13-. The topological polar surface area (TPSA) is 75.7 Å². The molecule has 1 aromatic heterocycles. The number of thioether (sulfide) groups is 1. The van der Waals surface area contributed by atoms with Gasteiger partial charge in [0.25, 0.3) is 5.91 Å². The Morgan fingerprint density at radius 2 is 1.89 bits per heavy atom. The Bertz CT molecular complexity index is 1200. The Hall–Kier alpha value is -2.63. The molecule has 2 aromatic rings. The molecular weight excluding hydrogens is 526 g/mol. The zero-order valence-electron chi connectivity index (χ0n) is 20.1. The van der Waals surface area contributed by atoms with E-state index < -0.39 is 17.2 Å². The molecule has 0 spiro atoms. The summed E-state index contributed by atoms with van der Waals surface area (Å²) in [6, 6.07) is 5.48. The fourth-order valence-electron chi connectivity index (χ4n) is 3.23. The van der Waals surface area contributed by atoms with Crippen molar-refractivity contribution in [3.8, 4) is 11.1 Å². The highest BCUT2D eigenvalue weighted by Crippen LogP contribution is 2.35. The molecular formula is C25H26F2N2O4S3. The lowest BCUT2D eigenvalue weighted by Crippen LogP contribution is -2.34. The Balaban J connectivity index is 1.49. The second-order valence-corrected chi connectivity index (χ2v) is 11.6.